The molecule has 164 valence electrons. The molecule has 0 saturated heterocycles. The maximum absolute atomic E-state index is 13.3. The second-order valence-corrected chi connectivity index (χ2v) is 6.51. The smallest absolute Gasteiger partial charge is 0.430 e. The molecule has 0 spiro atoms. The zero-order chi connectivity index (χ0) is 22.6. The highest BCUT2D eigenvalue weighted by molar-refractivity contribution is 6.36. The first-order valence-corrected chi connectivity index (χ1v) is 8.50. The summed E-state index contributed by atoms with van der Waals surface area (Å²) < 4.78 is 49.4. The number of hydrazine groups is 1. The van der Waals surface area contributed by atoms with Crippen LogP contribution in [0.2, 0.25) is 10.0 Å². The zero-order valence-corrected chi connectivity index (χ0v) is 16.4. The number of fused-ring (bicyclic) bond motifs is 1. The fourth-order valence-electron chi connectivity index (χ4n) is 2.20. The van der Waals surface area contributed by atoms with E-state index in [0.717, 1.165) is 13.1 Å². The van der Waals surface area contributed by atoms with Gasteiger partial charge in [-0.05, 0) is 18.2 Å². The van der Waals surface area contributed by atoms with Crippen molar-refractivity contribution in [3.05, 3.63) is 38.5 Å². The lowest BCUT2D eigenvalue weighted by Crippen LogP contribution is -2.41. The SMILES string of the molecule is CN(CC(=O)O)/[N+]([O-])=N/OCOC(=O)C1=Cc2cc(Cl)cc(Cl)c2OC1C(F)(F)F. The number of halogens is 5. The fourth-order valence-corrected chi connectivity index (χ4v) is 2.75. The minimum absolute atomic E-state index is 0.0200. The van der Waals surface area contributed by atoms with Crippen LogP contribution in [0, 0.1) is 5.21 Å². The van der Waals surface area contributed by atoms with Gasteiger partial charge >= 0.3 is 18.1 Å². The molecule has 15 heteroatoms. The number of carbonyl (C=O) groups is 2. The molecule has 0 bridgehead atoms. The van der Waals surface area contributed by atoms with Gasteiger partial charge in [-0.1, -0.05) is 23.2 Å². The molecule has 0 radical (unpaired) electrons. The number of hydrogen-bond acceptors (Lipinski definition) is 7. The van der Waals surface area contributed by atoms with Crippen LogP contribution in [-0.4, -0.2) is 59.7 Å². The van der Waals surface area contributed by atoms with E-state index in [4.69, 9.17) is 33.0 Å². The first-order valence-electron chi connectivity index (χ1n) is 7.74. The Morgan fingerprint density at radius 1 is 1.40 bits per heavy atom. The quantitative estimate of drug-likeness (QED) is 0.160. The molecule has 1 heterocycles. The number of esters is 1. The van der Waals surface area contributed by atoms with Gasteiger partial charge in [-0.15, -0.1) is 5.01 Å². The van der Waals surface area contributed by atoms with Crippen molar-refractivity contribution in [2.24, 2.45) is 5.28 Å². The number of hydrogen-bond donors (Lipinski definition) is 1. The minimum Gasteiger partial charge on any atom is -0.569 e. The Morgan fingerprint density at radius 2 is 2.07 bits per heavy atom. The number of aliphatic carboxylic acids is 1. The van der Waals surface area contributed by atoms with Crippen LogP contribution in [0.4, 0.5) is 13.2 Å². The number of rotatable bonds is 7. The van der Waals surface area contributed by atoms with E-state index < -0.39 is 43.1 Å². The van der Waals surface area contributed by atoms with Gasteiger partial charge in [0.2, 0.25) is 11.4 Å². The third-order valence-corrected chi connectivity index (χ3v) is 3.92. The van der Waals surface area contributed by atoms with Crippen molar-refractivity contribution in [2.75, 3.05) is 20.4 Å². The largest absolute Gasteiger partial charge is 0.569 e. The van der Waals surface area contributed by atoms with E-state index in [2.05, 4.69) is 14.9 Å². The Hall–Kier alpha value is -2.93. The molecule has 1 N–H and O–H groups in total. The Kier molecular flexibility index (Phi) is 7.21. The van der Waals surface area contributed by atoms with Crippen molar-refractivity contribution in [1.82, 2.24) is 5.01 Å². The standard InChI is InChI=1S/C15H12Cl2F3N3O7/c1-22(5-11(24)25)23(27)21-29-6-28-14(26)9-3-7-2-8(16)4-10(17)12(7)30-13(9)15(18,19)20/h2-4,13H,5-6H2,1H3,(H,24,25)/b23-21-. The van der Waals surface area contributed by atoms with E-state index in [-0.39, 0.29) is 26.3 Å². The maximum atomic E-state index is 13.3. The van der Waals surface area contributed by atoms with Gasteiger partial charge in [0, 0.05) is 10.6 Å². The van der Waals surface area contributed by atoms with E-state index in [1.54, 1.807) is 0 Å². The van der Waals surface area contributed by atoms with Gasteiger partial charge < -0.3 is 24.6 Å². The normalized spacial score (nSPS) is 16.1. The molecule has 1 aromatic carbocycles. The maximum Gasteiger partial charge on any atom is 0.430 e. The van der Waals surface area contributed by atoms with Crippen molar-refractivity contribution < 1.29 is 47.1 Å². The monoisotopic (exact) mass is 473 g/mol. The highest BCUT2D eigenvalue weighted by Gasteiger charge is 2.49. The molecule has 1 atom stereocenters. The predicted octanol–water partition coefficient (Wildman–Crippen LogP) is 3.03. The number of benzene rings is 1. The topological polar surface area (TPSA) is 124 Å². The van der Waals surface area contributed by atoms with Crippen LogP contribution < -0.4 is 4.74 Å². The van der Waals surface area contributed by atoms with Crippen molar-refractivity contribution in [1.29, 1.82) is 0 Å². The summed E-state index contributed by atoms with van der Waals surface area (Å²) >= 11 is 11.7. The summed E-state index contributed by atoms with van der Waals surface area (Å²) in [6.07, 6.45) is -6.80. The lowest BCUT2D eigenvalue weighted by molar-refractivity contribution is -0.704. The van der Waals surface area contributed by atoms with Gasteiger partial charge in [0.25, 0.3) is 6.79 Å². The van der Waals surface area contributed by atoms with Crippen LogP contribution in [0.1, 0.15) is 5.56 Å². The first kappa shape index (κ1) is 23.3. The molecule has 1 aromatic rings. The van der Waals surface area contributed by atoms with Crippen molar-refractivity contribution in [3.8, 4) is 5.75 Å². The Morgan fingerprint density at radius 3 is 2.67 bits per heavy atom. The molecule has 0 aliphatic carbocycles. The van der Waals surface area contributed by atoms with Crippen LogP contribution in [-0.2, 0) is 19.2 Å². The highest BCUT2D eigenvalue weighted by Crippen LogP contribution is 2.42. The van der Waals surface area contributed by atoms with Crippen molar-refractivity contribution >= 4 is 41.2 Å². The second kappa shape index (κ2) is 9.26. The number of ether oxygens (including phenoxy) is 2. The summed E-state index contributed by atoms with van der Waals surface area (Å²) in [6, 6.07) is 2.42. The minimum atomic E-state index is -4.98. The van der Waals surface area contributed by atoms with E-state index in [1.165, 1.54) is 12.1 Å². The summed E-state index contributed by atoms with van der Waals surface area (Å²) in [5, 5.41) is 23.3. The van der Waals surface area contributed by atoms with Crippen molar-refractivity contribution in [3.63, 3.8) is 0 Å². The average molecular weight is 474 g/mol. The van der Waals surface area contributed by atoms with Gasteiger partial charge in [-0.2, -0.15) is 13.2 Å². The number of likely N-dealkylation sites (N-methyl/N-ethyl adjacent to an activating group) is 1. The summed E-state index contributed by atoms with van der Waals surface area (Å²) in [6.45, 7) is -1.75. The van der Waals surface area contributed by atoms with E-state index in [9.17, 15) is 28.0 Å². The Bertz CT molecular complexity index is 908. The van der Waals surface area contributed by atoms with E-state index >= 15 is 0 Å². The molecular formula is C15H12Cl2F3N3O7. The number of nitrogens with zero attached hydrogens (tertiary/aromatic N) is 3. The molecule has 1 unspecified atom stereocenters. The summed E-state index contributed by atoms with van der Waals surface area (Å²) in [7, 11) is 1.08. The number of carbonyl (C=O) groups excluding carboxylic acids is 1. The molecule has 1 aliphatic rings. The van der Waals surface area contributed by atoms with Gasteiger partial charge in [-0.3, -0.25) is 4.79 Å². The van der Waals surface area contributed by atoms with E-state index in [1.807, 2.05) is 0 Å². The summed E-state index contributed by atoms with van der Waals surface area (Å²) in [4.78, 5) is 26.7. The number of carboxylic acid groups (broad SMARTS) is 1. The first-order chi connectivity index (χ1) is 13.9. The fraction of sp³-hybridized carbons (Fsp3) is 0.333. The van der Waals surface area contributed by atoms with Gasteiger partial charge in [0.05, 0.1) is 22.6 Å². The summed E-state index contributed by atoms with van der Waals surface area (Å²) in [5.41, 5.74) is -0.898. The Labute approximate surface area is 176 Å². The van der Waals surface area contributed by atoms with Crippen LogP contribution in [0.25, 0.3) is 6.08 Å². The lowest BCUT2D eigenvalue weighted by Gasteiger charge is -2.28. The molecule has 2 rings (SSSR count). The zero-order valence-electron chi connectivity index (χ0n) is 14.9. The molecule has 10 nitrogen and oxygen atoms in total. The molecular weight excluding hydrogens is 462 g/mol. The second-order valence-electron chi connectivity index (χ2n) is 5.67. The van der Waals surface area contributed by atoms with Crippen molar-refractivity contribution in [2.45, 2.75) is 12.3 Å². The molecule has 0 saturated carbocycles. The third-order valence-electron chi connectivity index (χ3n) is 3.43. The molecule has 0 fully saturated rings. The molecule has 30 heavy (non-hydrogen) atoms. The predicted molar refractivity (Wildman–Crippen MR) is 93.3 cm³/mol. The molecule has 1 aliphatic heterocycles. The summed E-state index contributed by atoms with van der Waals surface area (Å²) in [5.74, 6) is -3.11. The van der Waals surface area contributed by atoms with Crippen LogP contribution >= 0.6 is 23.2 Å². The highest BCUT2D eigenvalue weighted by atomic mass is 35.5. The lowest BCUT2D eigenvalue weighted by atomic mass is 10.0. The van der Waals surface area contributed by atoms with E-state index in [0.29, 0.717) is 5.01 Å². The third kappa shape index (κ3) is 5.79. The molecule has 0 aromatic heterocycles. The van der Waals surface area contributed by atoms with Gasteiger partial charge in [0.15, 0.2) is 6.54 Å². The number of alkyl halides is 3. The van der Waals surface area contributed by atoms with Gasteiger partial charge in [-0.25, -0.2) is 4.79 Å². The van der Waals surface area contributed by atoms with Crippen LogP contribution in [0.5, 0.6) is 5.75 Å². The van der Waals surface area contributed by atoms with Crippen LogP contribution in [0.15, 0.2) is 23.0 Å². The van der Waals surface area contributed by atoms with Crippen LogP contribution in [0.3, 0.4) is 0 Å². The molecule has 0 amide bonds. The van der Waals surface area contributed by atoms with Gasteiger partial charge in [0.1, 0.15) is 5.75 Å². The Balaban J connectivity index is 2.13. The number of carboxylic acids is 1. The average Bonchev–Trinajstić information content (AvgIpc) is 2.62.